The first-order chi connectivity index (χ1) is 21.9. The Hall–Kier alpha value is -4.64. The zero-order valence-electron chi connectivity index (χ0n) is 26.0. The Morgan fingerprint density at radius 3 is 1.42 bits per heavy atom. The molecule has 0 aliphatic heterocycles. The van der Waals surface area contributed by atoms with Gasteiger partial charge in [-0.25, -0.2) is 9.97 Å². The van der Waals surface area contributed by atoms with Gasteiger partial charge in [-0.2, -0.15) is 0 Å². The van der Waals surface area contributed by atoms with Crippen molar-refractivity contribution in [3.63, 3.8) is 0 Å². The van der Waals surface area contributed by atoms with Gasteiger partial charge in [0.25, 0.3) is 0 Å². The second kappa shape index (κ2) is 14.4. The normalized spacial score (nSPS) is 11.2. The fraction of sp³-hybridized carbons (Fsp3) is 0.135. The van der Waals surface area contributed by atoms with Crippen LogP contribution in [0.25, 0.3) is 22.2 Å². The number of nitrogens with zero attached hydrogens (tertiary/aromatic N) is 2. The van der Waals surface area contributed by atoms with Crippen molar-refractivity contribution in [3.8, 4) is 34.3 Å². The van der Waals surface area contributed by atoms with Crippen molar-refractivity contribution in [2.24, 2.45) is 0 Å². The molecule has 230 valence electrons. The molecule has 6 rings (SSSR count). The monoisotopic (exact) mass is 638 g/mol. The van der Waals surface area contributed by atoms with Crippen molar-refractivity contribution in [1.29, 1.82) is 0 Å². The molecule has 6 nitrogen and oxygen atoms in total. The summed E-state index contributed by atoms with van der Waals surface area (Å²) in [6.07, 6.45) is 0. The van der Waals surface area contributed by atoms with Crippen molar-refractivity contribution in [3.05, 3.63) is 127 Å². The third kappa shape index (κ3) is 6.73. The van der Waals surface area contributed by atoms with Gasteiger partial charge in [0.2, 0.25) is 5.28 Å². The number of halogens is 1. The average molecular weight is 639 g/mol. The summed E-state index contributed by atoms with van der Waals surface area (Å²) in [7, 11) is 4.45. The molecule has 0 N–H and O–H groups in total. The van der Waals surface area contributed by atoms with E-state index in [9.17, 15) is 0 Å². The van der Waals surface area contributed by atoms with Gasteiger partial charge in [0.1, 0.15) is 0 Å². The molecule has 0 saturated carbocycles. The number of methoxy groups -OCH3 is 4. The molecule has 45 heavy (non-hydrogen) atoms. The van der Waals surface area contributed by atoms with Crippen molar-refractivity contribution >= 4 is 45.7 Å². The first-order valence-electron chi connectivity index (χ1n) is 14.4. The Balaban J connectivity index is 0.000000182. The third-order valence-electron chi connectivity index (χ3n) is 7.88. The van der Waals surface area contributed by atoms with E-state index in [1.54, 1.807) is 34.5 Å². The molecule has 8 heteroatoms. The molecule has 5 aromatic carbocycles. The van der Waals surface area contributed by atoms with Gasteiger partial charge in [-0.05, 0) is 35.9 Å². The van der Waals surface area contributed by atoms with Crippen LogP contribution in [0.4, 0.5) is 0 Å². The molecular formula is C37H36ClN2O4P. The molecule has 0 radical (unpaired) electrons. The quantitative estimate of drug-likeness (QED) is 0.129. The topological polar surface area (TPSA) is 62.7 Å². The van der Waals surface area contributed by atoms with Crippen LogP contribution >= 0.6 is 18.9 Å². The molecule has 1 heterocycles. The van der Waals surface area contributed by atoms with Gasteiger partial charge < -0.3 is 18.9 Å². The van der Waals surface area contributed by atoms with Crippen molar-refractivity contribution in [1.82, 2.24) is 9.97 Å². The van der Waals surface area contributed by atoms with Crippen LogP contribution in [0.2, 0.25) is 5.28 Å². The summed E-state index contributed by atoms with van der Waals surface area (Å²) in [6, 6.07) is 41.9. The minimum atomic E-state index is -1.88. The summed E-state index contributed by atoms with van der Waals surface area (Å²) in [5.74, 6) is 2.39. The number of benzene rings is 5. The maximum absolute atomic E-state index is 6.12. The zero-order valence-corrected chi connectivity index (χ0v) is 27.7. The van der Waals surface area contributed by atoms with E-state index in [0.29, 0.717) is 34.2 Å². The first kappa shape index (κ1) is 31.8. The van der Waals surface area contributed by atoms with Crippen molar-refractivity contribution in [2.45, 2.75) is 0 Å². The fourth-order valence-corrected chi connectivity index (χ4v) is 9.20. The minimum absolute atomic E-state index is 0.143. The van der Waals surface area contributed by atoms with E-state index < -0.39 is 7.26 Å². The number of ether oxygens (including phenoxy) is 4. The maximum atomic E-state index is 6.12. The van der Waals surface area contributed by atoms with Gasteiger partial charge in [0.05, 0.1) is 39.6 Å². The van der Waals surface area contributed by atoms with Gasteiger partial charge in [0, 0.05) is 17.0 Å². The molecular weight excluding hydrogens is 603 g/mol. The zero-order chi connectivity index (χ0) is 31.8. The number of rotatable bonds is 8. The Morgan fingerprint density at radius 1 is 0.511 bits per heavy atom. The summed E-state index contributed by atoms with van der Waals surface area (Å²) in [4.78, 5) is 8.68. The van der Waals surface area contributed by atoms with Crippen LogP contribution in [0.1, 0.15) is 0 Å². The molecule has 0 aliphatic carbocycles. The van der Waals surface area contributed by atoms with E-state index in [4.69, 9.17) is 30.5 Å². The first-order valence-corrected chi connectivity index (χ1v) is 17.3. The summed E-state index contributed by atoms with van der Waals surface area (Å²) < 4.78 is 21.4. The average Bonchev–Trinajstić information content (AvgIpc) is 3.11. The summed E-state index contributed by atoms with van der Waals surface area (Å²) in [5, 5.41) is 5.30. The second-order valence-corrected chi connectivity index (χ2v) is 14.7. The van der Waals surface area contributed by atoms with Crippen LogP contribution < -0.4 is 34.9 Å². The predicted molar refractivity (Wildman–Crippen MR) is 189 cm³/mol. The number of hydrogen-bond acceptors (Lipinski definition) is 6. The van der Waals surface area contributed by atoms with E-state index in [0.717, 1.165) is 10.9 Å². The van der Waals surface area contributed by atoms with Crippen molar-refractivity contribution < 1.29 is 18.9 Å². The van der Waals surface area contributed by atoms with E-state index in [2.05, 4.69) is 108 Å². The predicted octanol–water partition coefficient (Wildman–Crippen LogP) is 7.33. The molecule has 0 bridgehead atoms. The third-order valence-corrected chi connectivity index (χ3v) is 12.5. The van der Waals surface area contributed by atoms with Gasteiger partial charge in [-0.3, -0.25) is 0 Å². The van der Waals surface area contributed by atoms with Crippen LogP contribution in [0.3, 0.4) is 0 Å². The molecule has 0 aliphatic rings. The number of fused-ring (bicyclic) bond motifs is 1. The fourth-order valence-electron chi connectivity index (χ4n) is 5.45. The number of aromatic nitrogens is 2. The molecule has 0 saturated heterocycles. The molecule has 0 amide bonds. The molecule has 0 unspecified atom stereocenters. The Kier molecular flexibility index (Phi) is 10.2. The standard InChI is InChI=1S/C19H19P.C18H17ClN2O4/c1-20(17-11-5-2-6-12-17,18-13-7-3-8-14-18)19-15-9-4-10-16-19;1-22-13-6-5-10(7-14(13)23-2)17-11-8-15(24-3)16(25-4)9-12(11)20-18(19)21-17/h2-16,20H,1H3;5-9H,1-4H3. The molecule has 6 aromatic rings. The van der Waals surface area contributed by atoms with Gasteiger partial charge in [0.15, 0.2) is 23.0 Å². The van der Waals surface area contributed by atoms with Gasteiger partial charge >= 0.3 is 121 Å². The van der Waals surface area contributed by atoms with Crippen LogP contribution in [-0.2, 0) is 0 Å². The van der Waals surface area contributed by atoms with Crippen LogP contribution in [-0.4, -0.2) is 45.1 Å². The summed E-state index contributed by atoms with van der Waals surface area (Å²) in [6.45, 7) is 2.44. The molecule has 0 fully saturated rings. The van der Waals surface area contributed by atoms with Gasteiger partial charge in [-0.15, -0.1) is 0 Å². The Labute approximate surface area is 269 Å². The van der Waals surface area contributed by atoms with Crippen LogP contribution in [0, 0.1) is 0 Å². The molecule has 0 spiro atoms. The van der Waals surface area contributed by atoms with E-state index in [1.807, 2.05) is 24.3 Å². The van der Waals surface area contributed by atoms with Crippen LogP contribution in [0.15, 0.2) is 121 Å². The molecule has 0 atom stereocenters. The summed E-state index contributed by atoms with van der Waals surface area (Å²) >= 11 is 6.12. The van der Waals surface area contributed by atoms with E-state index in [1.165, 1.54) is 15.9 Å². The Morgan fingerprint density at radius 2 is 0.956 bits per heavy atom. The SMILES string of the molecule is COc1ccc(-c2nc(Cl)nc3cc(OC)c(OC)cc23)cc1OC.C[PH](c1ccccc1)(c1ccccc1)c1ccccc1. The summed E-state index contributed by atoms with van der Waals surface area (Å²) in [5.41, 5.74) is 2.14. The number of hydrogen-bond donors (Lipinski definition) is 0. The van der Waals surface area contributed by atoms with Crippen LogP contribution in [0.5, 0.6) is 23.0 Å². The van der Waals surface area contributed by atoms with Gasteiger partial charge in [-0.1, -0.05) is 0 Å². The van der Waals surface area contributed by atoms with Crippen molar-refractivity contribution in [2.75, 3.05) is 35.1 Å². The Bertz CT molecular complexity index is 1780. The molecule has 1 aromatic heterocycles. The van der Waals surface area contributed by atoms with E-state index in [-0.39, 0.29) is 5.28 Å². The second-order valence-electron chi connectivity index (χ2n) is 10.4. The van der Waals surface area contributed by atoms with E-state index >= 15 is 0 Å².